The van der Waals surface area contributed by atoms with Gasteiger partial charge in [0.25, 0.3) is 0 Å². The van der Waals surface area contributed by atoms with E-state index in [1.165, 1.54) is 11.1 Å². The first-order valence-corrected chi connectivity index (χ1v) is 4.26. The van der Waals surface area contributed by atoms with Crippen LogP contribution in [-0.2, 0) is 0 Å². The van der Waals surface area contributed by atoms with Crippen molar-refractivity contribution in [2.75, 3.05) is 5.73 Å². The van der Waals surface area contributed by atoms with Crippen molar-refractivity contribution >= 4 is 11.3 Å². The van der Waals surface area contributed by atoms with Gasteiger partial charge in [0.2, 0.25) is 0 Å². The molecule has 1 heteroatoms. The van der Waals surface area contributed by atoms with Crippen LogP contribution in [-0.4, -0.2) is 0 Å². The highest BCUT2D eigenvalue weighted by atomic mass is 14.5. The smallest absolute Gasteiger partial charge is 0.0320 e. The van der Waals surface area contributed by atoms with Crippen molar-refractivity contribution in [1.82, 2.24) is 0 Å². The van der Waals surface area contributed by atoms with Crippen molar-refractivity contribution in [1.29, 1.82) is 0 Å². The van der Waals surface area contributed by atoms with Crippen LogP contribution in [0.25, 0.3) is 5.57 Å². The molecule has 1 rings (SSSR count). The van der Waals surface area contributed by atoms with Crippen LogP contribution in [0.3, 0.4) is 0 Å². The number of anilines is 1. The molecule has 0 saturated heterocycles. The minimum atomic E-state index is 0.830. The summed E-state index contributed by atoms with van der Waals surface area (Å²) in [5, 5.41) is 0. The van der Waals surface area contributed by atoms with E-state index < -0.39 is 0 Å². The molecule has 0 spiro atoms. The second-order valence-corrected chi connectivity index (χ2v) is 2.92. The summed E-state index contributed by atoms with van der Waals surface area (Å²) in [5.74, 6) is 0. The molecule has 0 heterocycles. The summed E-state index contributed by atoms with van der Waals surface area (Å²) in [7, 11) is 0. The number of benzene rings is 1. The number of allylic oxidation sites excluding steroid dienone is 2. The van der Waals surface area contributed by atoms with Gasteiger partial charge in [0.1, 0.15) is 0 Å². The fraction of sp³-hybridized carbons (Fsp3) is 0.273. The molecule has 0 radical (unpaired) electrons. The first-order chi connectivity index (χ1) is 5.74. The molecule has 64 valence electrons. The van der Waals surface area contributed by atoms with E-state index >= 15 is 0 Å². The summed E-state index contributed by atoms with van der Waals surface area (Å²) in [6.07, 6.45) is 3.27. The van der Waals surface area contributed by atoms with Gasteiger partial charge in [0.15, 0.2) is 0 Å². The van der Waals surface area contributed by atoms with Crippen LogP contribution in [0.15, 0.2) is 30.3 Å². The largest absolute Gasteiger partial charge is 0.399 e. The fourth-order valence-electron chi connectivity index (χ4n) is 1.21. The lowest BCUT2D eigenvalue weighted by Gasteiger charge is -2.01. The predicted molar refractivity (Wildman–Crippen MR) is 54.8 cm³/mol. The van der Waals surface area contributed by atoms with Gasteiger partial charge in [-0.2, -0.15) is 0 Å². The van der Waals surface area contributed by atoms with Gasteiger partial charge in [-0.15, -0.1) is 0 Å². The molecule has 1 aromatic rings. The third-order valence-corrected chi connectivity index (χ3v) is 1.85. The van der Waals surface area contributed by atoms with E-state index in [9.17, 15) is 0 Å². The molecule has 2 N–H and O–H groups in total. The van der Waals surface area contributed by atoms with Gasteiger partial charge in [0.05, 0.1) is 0 Å². The van der Waals surface area contributed by atoms with Crippen LogP contribution in [0, 0.1) is 0 Å². The Morgan fingerprint density at radius 3 is 2.83 bits per heavy atom. The highest BCUT2D eigenvalue weighted by Crippen LogP contribution is 2.16. The third kappa shape index (κ3) is 2.12. The molecule has 0 fully saturated rings. The quantitative estimate of drug-likeness (QED) is 0.663. The zero-order valence-corrected chi connectivity index (χ0v) is 7.67. The maximum absolute atomic E-state index is 5.67. The van der Waals surface area contributed by atoms with Crippen LogP contribution in [0.4, 0.5) is 5.69 Å². The molecule has 0 aliphatic heterocycles. The maximum atomic E-state index is 5.67. The Labute approximate surface area is 73.9 Å². The van der Waals surface area contributed by atoms with Crippen LogP contribution < -0.4 is 5.73 Å². The predicted octanol–water partition coefficient (Wildman–Crippen LogP) is 3.08. The Morgan fingerprint density at radius 1 is 1.50 bits per heavy atom. The normalized spacial score (nSPS) is 11.7. The monoisotopic (exact) mass is 161 g/mol. The van der Waals surface area contributed by atoms with Crippen LogP contribution in [0.1, 0.15) is 25.8 Å². The summed E-state index contributed by atoms with van der Waals surface area (Å²) < 4.78 is 0. The van der Waals surface area contributed by atoms with Gasteiger partial charge < -0.3 is 5.73 Å². The molecule has 12 heavy (non-hydrogen) atoms. The summed E-state index contributed by atoms with van der Waals surface area (Å²) in [6, 6.07) is 7.97. The Balaban J connectivity index is 2.95. The van der Waals surface area contributed by atoms with E-state index in [-0.39, 0.29) is 0 Å². The summed E-state index contributed by atoms with van der Waals surface area (Å²) in [4.78, 5) is 0. The fourth-order valence-corrected chi connectivity index (χ4v) is 1.21. The van der Waals surface area contributed by atoms with Crippen LogP contribution in [0.2, 0.25) is 0 Å². The minimum Gasteiger partial charge on any atom is -0.399 e. The molecular weight excluding hydrogens is 146 g/mol. The first-order valence-electron chi connectivity index (χ1n) is 4.26. The zero-order valence-electron chi connectivity index (χ0n) is 7.67. The SMILES string of the molecule is CC/C=C(/C)c1cccc(N)c1. The second kappa shape index (κ2) is 3.96. The molecule has 0 aromatic heterocycles. The Kier molecular flexibility index (Phi) is 2.92. The van der Waals surface area contributed by atoms with Crippen molar-refractivity contribution < 1.29 is 0 Å². The van der Waals surface area contributed by atoms with Gasteiger partial charge in [-0.25, -0.2) is 0 Å². The zero-order chi connectivity index (χ0) is 8.97. The lowest BCUT2D eigenvalue weighted by atomic mass is 10.1. The van der Waals surface area contributed by atoms with Crippen LogP contribution >= 0.6 is 0 Å². The standard InChI is InChI=1S/C11H15N/c1-3-5-9(2)10-6-4-7-11(12)8-10/h4-8H,3,12H2,1-2H3/b9-5-. The number of hydrogen-bond acceptors (Lipinski definition) is 1. The molecule has 0 bridgehead atoms. The summed E-state index contributed by atoms with van der Waals surface area (Å²) in [6.45, 7) is 4.24. The van der Waals surface area contributed by atoms with Crippen molar-refractivity contribution in [3.05, 3.63) is 35.9 Å². The van der Waals surface area contributed by atoms with E-state index in [0.717, 1.165) is 12.1 Å². The lowest BCUT2D eigenvalue weighted by molar-refractivity contribution is 1.22. The Morgan fingerprint density at radius 2 is 2.25 bits per heavy atom. The molecule has 0 aliphatic carbocycles. The van der Waals surface area contributed by atoms with Gasteiger partial charge >= 0.3 is 0 Å². The highest BCUT2D eigenvalue weighted by Gasteiger charge is 1.93. The number of nitrogen functional groups attached to an aromatic ring is 1. The Bertz CT molecular complexity index is 287. The molecule has 0 unspecified atom stereocenters. The molecule has 1 aromatic carbocycles. The Hall–Kier alpha value is -1.24. The molecule has 0 atom stereocenters. The summed E-state index contributed by atoms with van der Waals surface area (Å²) in [5.41, 5.74) is 9.01. The van der Waals surface area contributed by atoms with E-state index in [1.54, 1.807) is 0 Å². The van der Waals surface area contributed by atoms with E-state index in [2.05, 4.69) is 26.0 Å². The van der Waals surface area contributed by atoms with Gasteiger partial charge in [0, 0.05) is 5.69 Å². The third-order valence-electron chi connectivity index (χ3n) is 1.85. The van der Waals surface area contributed by atoms with E-state index in [4.69, 9.17) is 5.73 Å². The minimum absolute atomic E-state index is 0.830. The van der Waals surface area contributed by atoms with Crippen molar-refractivity contribution in [3.8, 4) is 0 Å². The van der Waals surface area contributed by atoms with E-state index in [0.29, 0.717) is 0 Å². The van der Waals surface area contributed by atoms with Crippen molar-refractivity contribution in [3.63, 3.8) is 0 Å². The van der Waals surface area contributed by atoms with Crippen molar-refractivity contribution in [2.45, 2.75) is 20.3 Å². The average Bonchev–Trinajstić information content (AvgIpc) is 2.05. The molecular formula is C11H15N. The number of nitrogens with two attached hydrogens (primary N) is 1. The van der Waals surface area contributed by atoms with Gasteiger partial charge in [-0.3, -0.25) is 0 Å². The summed E-state index contributed by atoms with van der Waals surface area (Å²) >= 11 is 0. The first kappa shape index (κ1) is 8.85. The van der Waals surface area contributed by atoms with Crippen molar-refractivity contribution in [2.24, 2.45) is 0 Å². The highest BCUT2D eigenvalue weighted by molar-refractivity contribution is 5.66. The molecule has 0 aliphatic rings. The second-order valence-electron chi connectivity index (χ2n) is 2.92. The molecule has 0 amide bonds. The number of rotatable bonds is 2. The van der Waals surface area contributed by atoms with E-state index in [1.807, 2.05) is 18.2 Å². The topological polar surface area (TPSA) is 26.0 Å². The lowest BCUT2D eigenvalue weighted by Crippen LogP contribution is -1.86. The average molecular weight is 161 g/mol. The van der Waals surface area contributed by atoms with Gasteiger partial charge in [-0.1, -0.05) is 25.1 Å². The molecule has 1 nitrogen and oxygen atoms in total. The molecule has 0 saturated carbocycles. The van der Waals surface area contributed by atoms with Gasteiger partial charge in [-0.05, 0) is 36.6 Å². The number of hydrogen-bond donors (Lipinski definition) is 1. The maximum Gasteiger partial charge on any atom is 0.0320 e. The van der Waals surface area contributed by atoms with Crippen LogP contribution in [0.5, 0.6) is 0 Å².